The zero-order chi connectivity index (χ0) is 23.9. The highest BCUT2D eigenvalue weighted by Gasteiger charge is 2.25. The Morgan fingerprint density at radius 2 is 1.03 bits per heavy atom. The molecule has 0 unspecified atom stereocenters. The molecule has 0 N–H and O–H groups in total. The summed E-state index contributed by atoms with van der Waals surface area (Å²) in [6.07, 6.45) is 8.20. The Labute approximate surface area is 208 Å². The lowest BCUT2D eigenvalue weighted by molar-refractivity contribution is 0.486. The van der Waals surface area contributed by atoms with Gasteiger partial charge in [-0.1, -0.05) is 122 Å². The van der Waals surface area contributed by atoms with Gasteiger partial charge in [0.05, 0.1) is 0 Å². The zero-order valence-corrected chi connectivity index (χ0v) is 21.6. The standard InChI is InChI=1S/C33H32S/c1-22-6-12-25(13-7-22)29-30(26-14-8-23(2)9-15-26)32(28-18-20-33(4,5)21-19-28)34-31(29)27-16-10-24(3)11-17-27/h6-20H,21H2,1-5H3. The van der Waals surface area contributed by atoms with Gasteiger partial charge in [-0.25, -0.2) is 0 Å². The quantitative estimate of drug-likeness (QED) is 0.284. The highest BCUT2D eigenvalue weighted by molar-refractivity contribution is 7.18. The van der Waals surface area contributed by atoms with E-state index in [1.807, 2.05) is 11.3 Å². The number of aryl methyl sites for hydroxylation is 3. The average molecular weight is 461 g/mol. The minimum absolute atomic E-state index is 0.213. The third kappa shape index (κ3) is 4.45. The first-order chi connectivity index (χ1) is 16.3. The number of hydrogen-bond acceptors (Lipinski definition) is 1. The van der Waals surface area contributed by atoms with E-state index in [2.05, 4.69) is 126 Å². The van der Waals surface area contributed by atoms with E-state index in [0.29, 0.717) is 0 Å². The molecule has 1 heteroatoms. The molecule has 0 bridgehead atoms. The van der Waals surface area contributed by atoms with Gasteiger partial charge in [0.1, 0.15) is 0 Å². The van der Waals surface area contributed by atoms with Gasteiger partial charge in [0.25, 0.3) is 0 Å². The molecule has 1 aliphatic rings. The third-order valence-corrected chi connectivity index (χ3v) is 8.01. The molecule has 0 saturated heterocycles. The van der Waals surface area contributed by atoms with Crippen LogP contribution in [0.4, 0.5) is 0 Å². The zero-order valence-electron chi connectivity index (χ0n) is 20.8. The van der Waals surface area contributed by atoms with Crippen molar-refractivity contribution in [3.05, 3.63) is 113 Å². The summed E-state index contributed by atoms with van der Waals surface area (Å²) in [6.45, 7) is 11.1. The van der Waals surface area contributed by atoms with Gasteiger partial charge in [0.2, 0.25) is 0 Å². The summed E-state index contributed by atoms with van der Waals surface area (Å²) in [5.41, 5.74) is 11.9. The fourth-order valence-corrected chi connectivity index (χ4v) is 5.90. The Hall–Kier alpha value is -3.16. The van der Waals surface area contributed by atoms with Crippen LogP contribution in [-0.2, 0) is 0 Å². The molecule has 1 aromatic heterocycles. The van der Waals surface area contributed by atoms with Crippen molar-refractivity contribution in [3.8, 4) is 32.7 Å². The molecule has 0 saturated carbocycles. The molecule has 5 rings (SSSR count). The van der Waals surface area contributed by atoms with Gasteiger partial charge in [-0.2, -0.15) is 0 Å². The molecule has 3 aromatic carbocycles. The van der Waals surface area contributed by atoms with Crippen molar-refractivity contribution in [2.75, 3.05) is 0 Å². The van der Waals surface area contributed by atoms with Gasteiger partial charge < -0.3 is 0 Å². The lowest BCUT2D eigenvalue weighted by Crippen LogP contribution is -2.08. The summed E-state index contributed by atoms with van der Waals surface area (Å²) in [4.78, 5) is 2.70. The van der Waals surface area contributed by atoms with Crippen LogP contribution in [0.15, 0.2) is 91.0 Å². The predicted molar refractivity (Wildman–Crippen MR) is 150 cm³/mol. The average Bonchev–Trinajstić information content (AvgIpc) is 3.21. The molecule has 0 radical (unpaired) electrons. The van der Waals surface area contributed by atoms with Gasteiger partial charge in [-0.05, 0) is 54.9 Å². The number of rotatable bonds is 4. The minimum atomic E-state index is 0.213. The lowest BCUT2D eigenvalue weighted by Gasteiger charge is -2.23. The highest BCUT2D eigenvalue weighted by atomic mass is 32.1. The molecule has 0 aliphatic heterocycles. The van der Waals surface area contributed by atoms with Crippen LogP contribution >= 0.6 is 11.3 Å². The Bertz CT molecular complexity index is 1370. The van der Waals surface area contributed by atoms with E-state index in [9.17, 15) is 0 Å². The molecule has 34 heavy (non-hydrogen) atoms. The Morgan fingerprint density at radius 1 is 0.588 bits per heavy atom. The van der Waals surface area contributed by atoms with E-state index in [1.165, 1.54) is 59.8 Å². The Morgan fingerprint density at radius 3 is 1.47 bits per heavy atom. The van der Waals surface area contributed by atoms with Gasteiger partial charge in [-0.3, -0.25) is 0 Å². The van der Waals surface area contributed by atoms with Crippen LogP contribution in [0.2, 0.25) is 0 Å². The van der Waals surface area contributed by atoms with Crippen molar-refractivity contribution in [2.45, 2.75) is 41.0 Å². The monoisotopic (exact) mass is 460 g/mol. The first-order valence-electron chi connectivity index (χ1n) is 12.1. The molecule has 0 spiro atoms. The SMILES string of the molecule is Cc1ccc(-c2sc(C3=CCC(C)(C)C=C3)c(-c3ccc(C)cc3)c2-c2ccc(C)cc2)cc1. The molecule has 0 amide bonds. The summed E-state index contributed by atoms with van der Waals surface area (Å²) in [5, 5.41) is 0. The maximum Gasteiger partial charge on any atom is 0.0434 e. The fraction of sp³-hybridized carbons (Fsp3) is 0.212. The first-order valence-corrected chi connectivity index (χ1v) is 12.9. The summed E-state index contributed by atoms with van der Waals surface area (Å²) in [6, 6.07) is 27.1. The van der Waals surface area contributed by atoms with Crippen LogP contribution in [0.5, 0.6) is 0 Å². The summed E-state index contributed by atoms with van der Waals surface area (Å²) in [7, 11) is 0. The fourth-order valence-electron chi connectivity index (χ4n) is 4.53. The van der Waals surface area contributed by atoms with Crippen LogP contribution in [-0.4, -0.2) is 0 Å². The largest absolute Gasteiger partial charge is 0.134 e. The topological polar surface area (TPSA) is 0 Å². The highest BCUT2D eigenvalue weighted by Crippen LogP contribution is 2.51. The second-order valence-electron chi connectivity index (χ2n) is 10.3. The number of benzene rings is 3. The maximum absolute atomic E-state index is 2.43. The molecule has 1 aliphatic carbocycles. The molecule has 0 nitrogen and oxygen atoms in total. The van der Waals surface area contributed by atoms with E-state index in [4.69, 9.17) is 0 Å². The van der Waals surface area contributed by atoms with Gasteiger partial charge in [0.15, 0.2) is 0 Å². The van der Waals surface area contributed by atoms with Crippen molar-refractivity contribution in [1.82, 2.24) is 0 Å². The number of thiophene rings is 1. The normalized spacial score (nSPS) is 14.8. The second kappa shape index (κ2) is 8.89. The summed E-state index contributed by atoms with van der Waals surface area (Å²) >= 11 is 1.93. The number of hydrogen-bond donors (Lipinski definition) is 0. The number of allylic oxidation sites excluding steroid dienone is 4. The molecule has 1 heterocycles. The predicted octanol–water partition coefficient (Wildman–Crippen LogP) is 10.0. The first kappa shape index (κ1) is 22.6. The van der Waals surface area contributed by atoms with Crippen LogP contribution in [0.25, 0.3) is 38.3 Å². The molecular formula is C33H32S. The van der Waals surface area contributed by atoms with Crippen LogP contribution in [0.1, 0.15) is 41.8 Å². The third-order valence-electron chi connectivity index (χ3n) is 6.73. The molecule has 170 valence electrons. The smallest absolute Gasteiger partial charge is 0.0434 e. The van der Waals surface area contributed by atoms with E-state index in [0.717, 1.165) is 6.42 Å². The van der Waals surface area contributed by atoms with Crippen molar-refractivity contribution < 1.29 is 0 Å². The van der Waals surface area contributed by atoms with E-state index < -0.39 is 0 Å². The van der Waals surface area contributed by atoms with Crippen LogP contribution in [0, 0.1) is 26.2 Å². The van der Waals surface area contributed by atoms with Crippen molar-refractivity contribution in [1.29, 1.82) is 0 Å². The van der Waals surface area contributed by atoms with Gasteiger partial charge in [0, 0.05) is 20.9 Å². The van der Waals surface area contributed by atoms with Crippen molar-refractivity contribution in [2.24, 2.45) is 5.41 Å². The van der Waals surface area contributed by atoms with Gasteiger partial charge in [-0.15, -0.1) is 11.3 Å². The van der Waals surface area contributed by atoms with E-state index in [-0.39, 0.29) is 5.41 Å². The Kier molecular flexibility index (Phi) is 5.91. The maximum atomic E-state index is 2.43. The lowest BCUT2D eigenvalue weighted by atomic mass is 9.82. The van der Waals surface area contributed by atoms with E-state index >= 15 is 0 Å². The van der Waals surface area contributed by atoms with Gasteiger partial charge >= 0.3 is 0 Å². The van der Waals surface area contributed by atoms with Crippen molar-refractivity contribution in [3.63, 3.8) is 0 Å². The Balaban J connectivity index is 1.82. The van der Waals surface area contributed by atoms with Crippen LogP contribution < -0.4 is 0 Å². The molecular weight excluding hydrogens is 428 g/mol. The molecule has 0 fully saturated rings. The second-order valence-corrected chi connectivity index (χ2v) is 11.3. The van der Waals surface area contributed by atoms with E-state index in [1.54, 1.807) is 0 Å². The minimum Gasteiger partial charge on any atom is -0.134 e. The molecule has 0 atom stereocenters. The summed E-state index contributed by atoms with van der Waals surface area (Å²) in [5.74, 6) is 0. The van der Waals surface area contributed by atoms with Crippen molar-refractivity contribution >= 4 is 16.9 Å². The summed E-state index contributed by atoms with van der Waals surface area (Å²) < 4.78 is 0. The molecule has 4 aromatic rings. The van der Waals surface area contributed by atoms with Crippen LogP contribution in [0.3, 0.4) is 0 Å².